The maximum atomic E-state index is 12.9. The maximum absolute atomic E-state index is 12.9. The second-order valence-corrected chi connectivity index (χ2v) is 11.2. The Hall–Kier alpha value is -5.28. The van der Waals surface area contributed by atoms with Gasteiger partial charge in [-0.3, -0.25) is 38.5 Å². The predicted molar refractivity (Wildman–Crippen MR) is 179 cm³/mol. The third-order valence-corrected chi connectivity index (χ3v) is 6.46. The van der Waals surface area contributed by atoms with Crippen LogP contribution in [0.5, 0.6) is 0 Å². The molecule has 0 spiro atoms. The van der Waals surface area contributed by atoms with Gasteiger partial charge in [-0.1, -0.05) is 45.4 Å². The van der Waals surface area contributed by atoms with Crippen molar-refractivity contribution in [2.75, 3.05) is 18.4 Å². The fourth-order valence-electron chi connectivity index (χ4n) is 3.90. The lowest BCUT2D eigenvalue weighted by Gasteiger charge is -2.22. The maximum Gasteiger partial charge on any atom is 0.506 e. The highest BCUT2D eigenvalue weighted by molar-refractivity contribution is 5.97. The molecule has 49 heavy (non-hydrogen) atoms. The number of amides is 6. The summed E-state index contributed by atoms with van der Waals surface area (Å²) >= 11 is 0. The summed E-state index contributed by atoms with van der Waals surface area (Å²) in [6.45, 7) is 8.28. The van der Waals surface area contributed by atoms with Crippen molar-refractivity contribution in [2.45, 2.75) is 91.8 Å². The molecule has 16 heteroatoms. The number of rotatable bonds is 20. The van der Waals surface area contributed by atoms with Crippen molar-refractivity contribution in [3.63, 3.8) is 0 Å². The van der Waals surface area contributed by atoms with E-state index in [1.54, 1.807) is 44.2 Å². The number of carbonyl (C=O) groups excluding carboxylic acids is 6. The van der Waals surface area contributed by atoms with Crippen LogP contribution in [0.25, 0.3) is 0 Å². The van der Waals surface area contributed by atoms with E-state index in [0.717, 1.165) is 4.90 Å². The molecule has 16 nitrogen and oxygen atoms in total. The molecule has 0 heterocycles. The van der Waals surface area contributed by atoms with Crippen LogP contribution in [-0.2, 0) is 44.9 Å². The van der Waals surface area contributed by atoms with Gasteiger partial charge in [0, 0.05) is 25.1 Å². The molecule has 1 aromatic rings. The van der Waals surface area contributed by atoms with Crippen molar-refractivity contribution in [3.05, 3.63) is 42.0 Å². The third-order valence-electron chi connectivity index (χ3n) is 6.46. The Labute approximate surface area is 286 Å². The van der Waals surface area contributed by atoms with Gasteiger partial charge in [0.25, 0.3) is 5.91 Å². The van der Waals surface area contributed by atoms with Gasteiger partial charge < -0.3 is 36.2 Å². The van der Waals surface area contributed by atoms with E-state index < -0.39 is 47.8 Å². The van der Waals surface area contributed by atoms with Crippen LogP contribution >= 0.6 is 0 Å². The molecule has 0 fully saturated rings. The van der Waals surface area contributed by atoms with Crippen LogP contribution in [0.15, 0.2) is 36.4 Å². The van der Waals surface area contributed by atoms with Gasteiger partial charge >= 0.3 is 12.1 Å². The van der Waals surface area contributed by atoms with E-state index in [2.05, 4.69) is 26.0 Å². The summed E-state index contributed by atoms with van der Waals surface area (Å²) in [5.74, 6) is -3.05. The first-order chi connectivity index (χ1) is 23.1. The van der Waals surface area contributed by atoms with Gasteiger partial charge in [0.2, 0.25) is 30.0 Å². The number of benzene rings is 1. The number of nitrogens with zero attached hydrogens (tertiary/aromatic N) is 1. The number of allylic oxidation sites excluding steroid dienone is 1. The number of carboxylic acids is 1. The number of hydrogen-bond donors (Lipinski definition) is 6. The Morgan fingerprint density at radius 1 is 0.898 bits per heavy atom. The molecule has 0 bridgehead atoms. The highest BCUT2D eigenvalue weighted by Crippen LogP contribution is 2.11. The molecule has 1 aromatic carbocycles. The summed E-state index contributed by atoms with van der Waals surface area (Å²) in [6, 6.07) is 4.43. The molecule has 0 saturated heterocycles. The van der Waals surface area contributed by atoms with Gasteiger partial charge in [-0.25, -0.2) is 4.79 Å². The summed E-state index contributed by atoms with van der Waals surface area (Å²) in [5, 5.41) is 26.6. The van der Waals surface area contributed by atoms with Crippen LogP contribution in [0.1, 0.15) is 78.7 Å². The van der Waals surface area contributed by atoms with E-state index in [-0.39, 0.29) is 44.4 Å². The molecule has 6 N–H and O–H groups in total. The quantitative estimate of drug-likeness (QED) is 0.0503. The van der Waals surface area contributed by atoms with Crippen LogP contribution in [0.2, 0.25) is 0 Å². The van der Waals surface area contributed by atoms with E-state index in [4.69, 9.17) is 10.2 Å². The van der Waals surface area contributed by atoms with E-state index in [1.165, 1.54) is 13.0 Å². The molecule has 6 amide bonds. The average Bonchev–Trinajstić information content (AvgIpc) is 3.04. The Kier molecular flexibility index (Phi) is 22.2. The Morgan fingerprint density at radius 2 is 1.53 bits per heavy atom. The molecular formula is C33H49N5O11. The van der Waals surface area contributed by atoms with Crippen LogP contribution in [0, 0.1) is 5.92 Å². The zero-order valence-electron chi connectivity index (χ0n) is 28.7. The minimum Gasteiger partial charge on any atom is -0.481 e. The topological polar surface area (TPSA) is 238 Å². The number of anilines is 1. The highest BCUT2D eigenvalue weighted by Gasteiger charge is 2.25. The second kappa shape index (κ2) is 24.8. The lowest BCUT2D eigenvalue weighted by atomic mass is 10.0. The Bertz CT molecular complexity index is 1280. The standard InChI is InChI=1S/C30H43N5O9.C3H6O2/c1-5-9-27(39)35(19-36)15-8-6-7-10-25(37)34-24(16-20(2)3)29(41)32-21(4)28(40)31-17-26(38)33-23-13-11-22(12-14-23)18-44-30(42)43;1-2-3(4)5/h5,9,11-14,19-21,24H,6-8,10,15-18H2,1-4H3,(H,31,40)(H,32,41)(H,33,38)(H,34,37)(H,42,43);2H2,1H3,(H,4,5)/b9-5-;. The van der Waals surface area contributed by atoms with Gasteiger partial charge in [0.05, 0.1) is 6.54 Å². The van der Waals surface area contributed by atoms with Gasteiger partial charge in [-0.15, -0.1) is 0 Å². The second-order valence-electron chi connectivity index (χ2n) is 11.2. The van der Waals surface area contributed by atoms with Crippen molar-refractivity contribution in [2.24, 2.45) is 5.92 Å². The summed E-state index contributed by atoms with van der Waals surface area (Å²) in [4.78, 5) is 94.0. The van der Waals surface area contributed by atoms with Crippen LogP contribution in [-0.4, -0.2) is 88.4 Å². The third kappa shape index (κ3) is 21.3. The SMILES string of the molecule is C/C=C\C(=O)N(C=O)CCCCCC(=O)NC(CC(C)C)C(=O)NC(C)C(=O)NCC(=O)Nc1ccc(COC(=O)O)cc1.CCC(=O)O. The van der Waals surface area contributed by atoms with Gasteiger partial charge in [0.1, 0.15) is 18.7 Å². The van der Waals surface area contributed by atoms with Gasteiger partial charge in [-0.2, -0.15) is 0 Å². The smallest absolute Gasteiger partial charge is 0.481 e. The summed E-state index contributed by atoms with van der Waals surface area (Å²) in [6.07, 6.45) is 4.27. The number of ether oxygens (including phenoxy) is 1. The van der Waals surface area contributed by atoms with Crippen molar-refractivity contribution in [3.8, 4) is 0 Å². The number of aliphatic carboxylic acids is 1. The first-order valence-electron chi connectivity index (χ1n) is 15.9. The van der Waals surface area contributed by atoms with Gasteiger partial charge in [0.15, 0.2) is 0 Å². The van der Waals surface area contributed by atoms with Crippen LogP contribution < -0.4 is 21.3 Å². The first-order valence-corrected chi connectivity index (χ1v) is 15.9. The van der Waals surface area contributed by atoms with E-state index in [1.807, 2.05) is 13.8 Å². The fourth-order valence-corrected chi connectivity index (χ4v) is 3.90. The average molecular weight is 692 g/mol. The number of carbonyl (C=O) groups is 8. The zero-order valence-corrected chi connectivity index (χ0v) is 28.7. The molecule has 0 radical (unpaired) electrons. The van der Waals surface area contributed by atoms with Crippen LogP contribution in [0.3, 0.4) is 0 Å². The highest BCUT2D eigenvalue weighted by atomic mass is 16.7. The number of imide groups is 1. The van der Waals surface area contributed by atoms with Gasteiger partial charge in [-0.05, 0) is 62.8 Å². The van der Waals surface area contributed by atoms with Crippen molar-refractivity contribution in [1.29, 1.82) is 0 Å². The van der Waals surface area contributed by atoms with Crippen molar-refractivity contribution in [1.82, 2.24) is 20.9 Å². The summed E-state index contributed by atoms with van der Waals surface area (Å²) < 4.78 is 4.47. The molecule has 0 aliphatic rings. The lowest BCUT2D eigenvalue weighted by molar-refractivity contribution is -0.137. The van der Waals surface area contributed by atoms with E-state index in [0.29, 0.717) is 43.3 Å². The molecule has 0 aliphatic heterocycles. The molecule has 0 saturated carbocycles. The summed E-state index contributed by atoms with van der Waals surface area (Å²) in [5.41, 5.74) is 1.02. The largest absolute Gasteiger partial charge is 0.506 e. The monoisotopic (exact) mass is 691 g/mol. The normalized spacial score (nSPS) is 11.6. The van der Waals surface area contributed by atoms with E-state index >= 15 is 0 Å². The molecule has 0 aliphatic carbocycles. The minimum atomic E-state index is -1.40. The number of unbranched alkanes of at least 4 members (excludes halogenated alkanes) is 2. The summed E-state index contributed by atoms with van der Waals surface area (Å²) in [7, 11) is 0. The van der Waals surface area contributed by atoms with Crippen LogP contribution in [0.4, 0.5) is 10.5 Å². The fraction of sp³-hybridized carbons (Fsp3) is 0.515. The first kappa shape index (κ1) is 43.7. The minimum absolute atomic E-state index is 0.0710. The Balaban J connectivity index is 0.00000427. The number of nitrogens with one attached hydrogen (secondary N) is 4. The lowest BCUT2D eigenvalue weighted by Crippen LogP contribution is -2.53. The van der Waals surface area contributed by atoms with Crippen molar-refractivity contribution >= 4 is 53.8 Å². The molecular weight excluding hydrogens is 642 g/mol. The zero-order chi connectivity index (χ0) is 37.4. The molecule has 2 unspecified atom stereocenters. The Morgan fingerprint density at radius 3 is 2.06 bits per heavy atom. The van der Waals surface area contributed by atoms with Crippen molar-refractivity contribution < 1.29 is 53.3 Å². The molecule has 0 aromatic heterocycles. The number of carboxylic acid groups (broad SMARTS) is 2. The molecule has 272 valence electrons. The van der Waals surface area contributed by atoms with E-state index in [9.17, 15) is 38.4 Å². The molecule has 2 atom stereocenters. The number of hydrogen-bond acceptors (Lipinski definition) is 9. The molecule has 1 rings (SSSR count). The predicted octanol–water partition coefficient (Wildman–Crippen LogP) is 2.57.